The van der Waals surface area contributed by atoms with E-state index in [0.29, 0.717) is 5.56 Å². The third-order valence-electron chi connectivity index (χ3n) is 4.86. The van der Waals surface area contributed by atoms with Gasteiger partial charge in [-0.25, -0.2) is 8.78 Å². The molecule has 0 bridgehead atoms. The van der Waals surface area contributed by atoms with Crippen molar-refractivity contribution in [2.24, 2.45) is 0 Å². The minimum atomic E-state index is -3.07. The van der Waals surface area contributed by atoms with Crippen LogP contribution in [0, 0.1) is 11.3 Å². The zero-order valence-corrected chi connectivity index (χ0v) is 13.8. The third kappa shape index (κ3) is 3.45. The zero-order chi connectivity index (χ0) is 18.2. The molecule has 3 rings (SSSR count). The molecule has 1 N–H and O–H groups in total. The number of aromatic nitrogens is 1. The van der Waals surface area contributed by atoms with Crippen molar-refractivity contribution in [1.29, 1.82) is 5.26 Å². The molecule has 132 valence electrons. The van der Waals surface area contributed by atoms with Crippen molar-refractivity contribution in [2.75, 3.05) is 13.1 Å². The summed E-state index contributed by atoms with van der Waals surface area (Å²) in [6.07, 6.45) is 4.40. The Labute approximate surface area is 143 Å². The van der Waals surface area contributed by atoms with Gasteiger partial charge in [-0.1, -0.05) is 6.92 Å². The first-order valence-corrected chi connectivity index (χ1v) is 8.05. The summed E-state index contributed by atoms with van der Waals surface area (Å²) in [5, 5.41) is 11.4. The molecular weight excluding hydrogens is 330 g/mol. The molecule has 2 heterocycles. The summed E-state index contributed by atoms with van der Waals surface area (Å²) in [7, 11) is 0. The highest BCUT2D eigenvalue weighted by molar-refractivity contribution is 5.98. The number of nitrogens with zero attached hydrogens (tertiary/aromatic N) is 3. The Bertz CT molecular complexity index is 755. The number of likely N-dealkylation sites (tertiary alicyclic amines) is 1. The maximum absolute atomic E-state index is 13.4. The first kappa shape index (κ1) is 17.3. The number of halogens is 2. The number of rotatable bonds is 4. The molecule has 1 saturated heterocycles. The van der Waals surface area contributed by atoms with Crippen LogP contribution in [0.25, 0.3) is 0 Å². The van der Waals surface area contributed by atoms with Crippen molar-refractivity contribution in [3.63, 3.8) is 0 Å². The van der Waals surface area contributed by atoms with Crippen molar-refractivity contribution < 1.29 is 18.4 Å². The molecule has 2 amide bonds. The average molecular weight is 348 g/mol. The average Bonchev–Trinajstić information content (AvgIpc) is 3.25. The molecule has 1 saturated carbocycles. The number of hydrogen-bond acceptors (Lipinski definition) is 4. The molecule has 2 fully saturated rings. The molecule has 6 nitrogen and oxygen atoms in total. The van der Waals surface area contributed by atoms with E-state index in [0.717, 1.165) is 23.3 Å². The fourth-order valence-corrected chi connectivity index (χ4v) is 3.08. The van der Waals surface area contributed by atoms with E-state index in [-0.39, 0.29) is 5.41 Å². The number of carbonyl (C=O) groups excluding carboxylic acids is 2. The molecular formula is C17H18F2N4O2. The number of hydrogen-bond donors (Lipinski definition) is 1. The Morgan fingerprint density at radius 1 is 1.48 bits per heavy atom. The number of carbonyl (C=O) groups is 2. The maximum Gasteiger partial charge on any atom is 0.268 e. The highest BCUT2D eigenvalue weighted by Crippen LogP contribution is 2.48. The van der Waals surface area contributed by atoms with Gasteiger partial charge in [0.1, 0.15) is 6.04 Å². The number of nitriles is 1. The Balaban J connectivity index is 1.66. The molecule has 2 aliphatic rings. The van der Waals surface area contributed by atoms with Crippen LogP contribution in [0.2, 0.25) is 0 Å². The Morgan fingerprint density at radius 2 is 2.20 bits per heavy atom. The molecule has 8 heteroatoms. The van der Waals surface area contributed by atoms with Crippen LogP contribution in [0.1, 0.15) is 42.1 Å². The summed E-state index contributed by atoms with van der Waals surface area (Å²) >= 11 is 0. The summed E-state index contributed by atoms with van der Waals surface area (Å²) in [5.41, 5.74) is 1.18. The molecule has 0 spiro atoms. The van der Waals surface area contributed by atoms with Gasteiger partial charge < -0.3 is 10.2 Å². The van der Waals surface area contributed by atoms with Gasteiger partial charge in [-0.2, -0.15) is 5.26 Å². The third-order valence-corrected chi connectivity index (χ3v) is 4.86. The lowest BCUT2D eigenvalue weighted by Gasteiger charge is -2.20. The van der Waals surface area contributed by atoms with Crippen LogP contribution < -0.4 is 5.32 Å². The van der Waals surface area contributed by atoms with E-state index >= 15 is 0 Å². The van der Waals surface area contributed by atoms with E-state index in [1.165, 1.54) is 6.20 Å². The molecule has 1 atom stereocenters. The van der Waals surface area contributed by atoms with E-state index < -0.39 is 43.3 Å². The van der Waals surface area contributed by atoms with Crippen molar-refractivity contribution in [3.8, 4) is 6.07 Å². The van der Waals surface area contributed by atoms with Crippen LogP contribution in [0.5, 0.6) is 0 Å². The van der Waals surface area contributed by atoms with Crippen LogP contribution in [0.4, 0.5) is 8.78 Å². The number of alkyl halides is 2. The number of nitrogens with one attached hydrogen (secondary N) is 1. The van der Waals surface area contributed by atoms with E-state index in [2.05, 4.69) is 10.3 Å². The van der Waals surface area contributed by atoms with Gasteiger partial charge in [0.05, 0.1) is 19.2 Å². The predicted octanol–water partition coefficient (Wildman–Crippen LogP) is 1.62. The van der Waals surface area contributed by atoms with Gasteiger partial charge in [-0.15, -0.1) is 0 Å². The topological polar surface area (TPSA) is 86.1 Å². The van der Waals surface area contributed by atoms with Crippen LogP contribution >= 0.6 is 0 Å². The highest BCUT2D eigenvalue weighted by atomic mass is 19.3. The van der Waals surface area contributed by atoms with Gasteiger partial charge in [-0.3, -0.25) is 14.6 Å². The normalized spacial score (nSPS) is 23.0. The molecule has 0 aromatic carbocycles. The van der Waals surface area contributed by atoms with E-state index in [1.54, 1.807) is 18.3 Å². The second kappa shape index (κ2) is 6.06. The van der Waals surface area contributed by atoms with Gasteiger partial charge in [0.2, 0.25) is 5.91 Å². The van der Waals surface area contributed by atoms with Crippen molar-refractivity contribution >= 4 is 11.8 Å². The minimum absolute atomic E-state index is 0.0755. The summed E-state index contributed by atoms with van der Waals surface area (Å²) < 4.78 is 26.8. The van der Waals surface area contributed by atoms with E-state index in [4.69, 9.17) is 5.26 Å². The fourth-order valence-electron chi connectivity index (χ4n) is 3.08. The van der Waals surface area contributed by atoms with Crippen LogP contribution in [0.15, 0.2) is 18.5 Å². The molecule has 1 aliphatic carbocycles. The maximum atomic E-state index is 13.4. The van der Waals surface area contributed by atoms with Gasteiger partial charge in [0.15, 0.2) is 0 Å². The lowest BCUT2D eigenvalue weighted by Crippen LogP contribution is -2.43. The summed E-state index contributed by atoms with van der Waals surface area (Å²) in [5.74, 6) is -4.21. The molecule has 1 aromatic rings. The molecule has 1 unspecified atom stereocenters. The second-order valence-electron chi connectivity index (χ2n) is 6.89. The van der Waals surface area contributed by atoms with Gasteiger partial charge in [-0.05, 0) is 29.9 Å². The monoisotopic (exact) mass is 348 g/mol. The largest absolute Gasteiger partial charge is 0.343 e. The molecule has 1 aliphatic heterocycles. The fraction of sp³-hybridized carbons (Fsp3) is 0.529. The smallest absolute Gasteiger partial charge is 0.268 e. The quantitative estimate of drug-likeness (QED) is 0.896. The summed E-state index contributed by atoms with van der Waals surface area (Å²) in [6, 6.07) is 2.13. The van der Waals surface area contributed by atoms with Crippen molar-refractivity contribution in [3.05, 3.63) is 29.6 Å². The van der Waals surface area contributed by atoms with Gasteiger partial charge in [0, 0.05) is 24.4 Å². The minimum Gasteiger partial charge on any atom is -0.343 e. The molecule has 1 aromatic heterocycles. The number of pyridine rings is 1. The van der Waals surface area contributed by atoms with Crippen LogP contribution in [0.3, 0.4) is 0 Å². The Morgan fingerprint density at radius 3 is 2.84 bits per heavy atom. The van der Waals surface area contributed by atoms with Crippen LogP contribution in [-0.2, 0) is 10.2 Å². The van der Waals surface area contributed by atoms with Crippen LogP contribution in [-0.4, -0.2) is 46.8 Å². The van der Waals surface area contributed by atoms with Gasteiger partial charge in [0.25, 0.3) is 11.8 Å². The summed E-state index contributed by atoms with van der Waals surface area (Å²) in [4.78, 5) is 29.4. The summed E-state index contributed by atoms with van der Waals surface area (Å²) in [6.45, 7) is 0.819. The number of amides is 2. The van der Waals surface area contributed by atoms with Crippen molar-refractivity contribution in [2.45, 2.75) is 43.6 Å². The van der Waals surface area contributed by atoms with E-state index in [9.17, 15) is 18.4 Å². The van der Waals surface area contributed by atoms with Crippen molar-refractivity contribution in [1.82, 2.24) is 15.2 Å². The lowest BCUT2D eigenvalue weighted by molar-refractivity contribution is -0.131. The van der Waals surface area contributed by atoms with E-state index in [1.807, 2.05) is 6.92 Å². The first-order valence-electron chi connectivity index (χ1n) is 8.05. The molecule has 25 heavy (non-hydrogen) atoms. The predicted molar refractivity (Wildman–Crippen MR) is 83.8 cm³/mol. The first-order chi connectivity index (χ1) is 11.8. The Hall–Kier alpha value is -2.56. The second-order valence-corrected chi connectivity index (χ2v) is 6.89. The lowest BCUT2D eigenvalue weighted by atomic mass is 9.95. The van der Waals surface area contributed by atoms with Gasteiger partial charge >= 0.3 is 0 Å². The Kier molecular flexibility index (Phi) is 4.19. The molecule has 0 radical (unpaired) electrons. The standard InChI is InChI=1S/C17H18F2N4O2/c1-16(3-4-16)13-8-21-5-2-12(13)15(25)22-9-14(24)23-10-17(18,19)6-11(23)7-20/h2,5,8,11H,3-4,6,9-10H2,1H3,(H,22,25). The highest BCUT2D eigenvalue weighted by Gasteiger charge is 2.47. The zero-order valence-electron chi connectivity index (χ0n) is 13.8. The SMILES string of the molecule is CC1(c2cnccc2C(=O)NCC(=O)N2CC(F)(F)CC2C#N)CC1.